The second-order valence-electron chi connectivity index (χ2n) is 6.50. The molecule has 0 saturated carbocycles. The topological polar surface area (TPSA) is 24.5 Å². The van der Waals surface area contributed by atoms with E-state index in [4.69, 9.17) is 4.74 Å². The maximum absolute atomic E-state index is 5.49. The standard InChI is InChI=1S/C18H28N2O/c1-14(19-2)16-5-6-18-17(12-16)4-3-9-20(18)13-15-7-10-21-11-8-15/h5-6,12,14-15,19H,3-4,7-11,13H2,1-2H3. The highest BCUT2D eigenvalue weighted by Gasteiger charge is 2.22. The molecule has 0 bridgehead atoms. The molecule has 2 aliphatic heterocycles. The summed E-state index contributed by atoms with van der Waals surface area (Å²) in [6.07, 6.45) is 4.96. The van der Waals surface area contributed by atoms with Gasteiger partial charge in [0.15, 0.2) is 0 Å². The third kappa shape index (κ3) is 3.41. The predicted octanol–water partition coefficient (Wildman–Crippen LogP) is 3.15. The Morgan fingerprint density at radius 2 is 2.14 bits per heavy atom. The van der Waals surface area contributed by atoms with Gasteiger partial charge in [0.05, 0.1) is 0 Å². The van der Waals surface area contributed by atoms with Crippen molar-refractivity contribution in [2.75, 3.05) is 38.3 Å². The third-order valence-electron chi connectivity index (χ3n) is 5.07. The average Bonchev–Trinajstić information content (AvgIpc) is 2.55. The van der Waals surface area contributed by atoms with Gasteiger partial charge in [0.2, 0.25) is 0 Å². The van der Waals surface area contributed by atoms with Gasteiger partial charge in [0.25, 0.3) is 0 Å². The van der Waals surface area contributed by atoms with Crippen molar-refractivity contribution in [1.29, 1.82) is 0 Å². The first kappa shape index (κ1) is 14.9. The normalized spacial score (nSPS) is 21.1. The largest absolute Gasteiger partial charge is 0.381 e. The van der Waals surface area contributed by atoms with Gasteiger partial charge in [-0.25, -0.2) is 0 Å². The summed E-state index contributed by atoms with van der Waals surface area (Å²) in [5, 5.41) is 3.34. The molecule has 3 heteroatoms. The molecule has 0 amide bonds. The SMILES string of the molecule is CNC(C)c1ccc2c(c1)CCCN2CC1CCOCC1. The average molecular weight is 288 g/mol. The molecule has 1 saturated heterocycles. The first-order valence-corrected chi connectivity index (χ1v) is 8.40. The Hall–Kier alpha value is -1.06. The molecule has 0 aromatic heterocycles. The summed E-state index contributed by atoms with van der Waals surface area (Å²) >= 11 is 0. The van der Waals surface area contributed by atoms with Crippen LogP contribution in [0.3, 0.4) is 0 Å². The summed E-state index contributed by atoms with van der Waals surface area (Å²) in [4.78, 5) is 2.61. The lowest BCUT2D eigenvalue weighted by Gasteiger charge is -2.36. The molecule has 21 heavy (non-hydrogen) atoms. The Kier molecular flexibility index (Phi) is 4.81. The molecule has 1 aromatic carbocycles. The molecule has 1 aromatic rings. The molecule has 3 nitrogen and oxygen atoms in total. The molecule has 1 N–H and O–H groups in total. The van der Waals surface area contributed by atoms with Crippen LogP contribution < -0.4 is 10.2 Å². The van der Waals surface area contributed by atoms with Crippen molar-refractivity contribution in [3.63, 3.8) is 0 Å². The van der Waals surface area contributed by atoms with E-state index in [1.165, 1.54) is 55.6 Å². The second kappa shape index (κ2) is 6.80. The number of nitrogens with one attached hydrogen (secondary N) is 1. The summed E-state index contributed by atoms with van der Waals surface area (Å²) in [7, 11) is 2.03. The monoisotopic (exact) mass is 288 g/mol. The van der Waals surface area contributed by atoms with Crippen molar-refractivity contribution in [3.8, 4) is 0 Å². The highest BCUT2D eigenvalue weighted by molar-refractivity contribution is 5.57. The number of hydrogen-bond acceptors (Lipinski definition) is 3. The molecule has 1 atom stereocenters. The van der Waals surface area contributed by atoms with E-state index in [-0.39, 0.29) is 0 Å². The minimum absolute atomic E-state index is 0.432. The van der Waals surface area contributed by atoms with E-state index in [0.717, 1.165) is 19.1 Å². The van der Waals surface area contributed by atoms with E-state index >= 15 is 0 Å². The predicted molar refractivity (Wildman–Crippen MR) is 88.0 cm³/mol. The molecule has 3 rings (SSSR count). The third-order valence-corrected chi connectivity index (χ3v) is 5.07. The molecule has 0 aliphatic carbocycles. The molecule has 1 unspecified atom stereocenters. The fraction of sp³-hybridized carbons (Fsp3) is 0.667. The molecule has 116 valence electrons. The van der Waals surface area contributed by atoms with Crippen LogP contribution in [-0.4, -0.2) is 33.4 Å². The number of rotatable bonds is 4. The van der Waals surface area contributed by atoms with Gasteiger partial charge in [-0.2, -0.15) is 0 Å². The Morgan fingerprint density at radius 1 is 1.33 bits per heavy atom. The molecular formula is C18H28N2O. The molecule has 0 spiro atoms. The maximum atomic E-state index is 5.49. The van der Waals surface area contributed by atoms with Gasteiger partial charge < -0.3 is 15.0 Å². The lowest BCUT2D eigenvalue weighted by molar-refractivity contribution is 0.0681. The summed E-state index contributed by atoms with van der Waals surface area (Å²) < 4.78 is 5.49. The smallest absolute Gasteiger partial charge is 0.0469 e. The minimum Gasteiger partial charge on any atom is -0.381 e. The van der Waals surface area contributed by atoms with Crippen molar-refractivity contribution in [2.45, 2.75) is 38.6 Å². The first-order valence-electron chi connectivity index (χ1n) is 8.40. The Labute approximate surface area is 128 Å². The molecule has 2 aliphatic rings. The van der Waals surface area contributed by atoms with Crippen LogP contribution in [0.2, 0.25) is 0 Å². The number of ether oxygens (including phenoxy) is 1. The van der Waals surface area contributed by atoms with Crippen LogP contribution in [0.5, 0.6) is 0 Å². The highest BCUT2D eigenvalue weighted by atomic mass is 16.5. The van der Waals surface area contributed by atoms with Gasteiger partial charge in [0.1, 0.15) is 0 Å². The van der Waals surface area contributed by atoms with Gasteiger partial charge in [-0.1, -0.05) is 12.1 Å². The van der Waals surface area contributed by atoms with E-state index < -0.39 is 0 Å². The van der Waals surface area contributed by atoms with E-state index in [9.17, 15) is 0 Å². The van der Waals surface area contributed by atoms with Crippen molar-refractivity contribution in [1.82, 2.24) is 5.32 Å². The number of anilines is 1. The van der Waals surface area contributed by atoms with Crippen LogP contribution in [0.15, 0.2) is 18.2 Å². The first-order chi connectivity index (χ1) is 10.3. The van der Waals surface area contributed by atoms with Gasteiger partial charge in [-0.15, -0.1) is 0 Å². The van der Waals surface area contributed by atoms with Gasteiger partial charge in [-0.05, 0) is 62.8 Å². The number of aryl methyl sites for hydroxylation is 1. The summed E-state index contributed by atoms with van der Waals surface area (Å²) in [5.74, 6) is 0.806. The number of nitrogens with zero attached hydrogens (tertiary/aromatic N) is 1. The van der Waals surface area contributed by atoms with Gasteiger partial charge >= 0.3 is 0 Å². The fourth-order valence-corrected chi connectivity index (χ4v) is 3.56. The van der Waals surface area contributed by atoms with E-state index in [2.05, 4.69) is 35.3 Å². The van der Waals surface area contributed by atoms with Gasteiger partial charge in [0, 0.05) is 38.0 Å². The molecular weight excluding hydrogens is 260 g/mol. The molecule has 2 heterocycles. The van der Waals surface area contributed by atoms with Crippen molar-refractivity contribution < 1.29 is 4.74 Å². The van der Waals surface area contributed by atoms with Crippen LogP contribution in [0.1, 0.15) is 43.4 Å². The van der Waals surface area contributed by atoms with Crippen molar-refractivity contribution in [3.05, 3.63) is 29.3 Å². The zero-order chi connectivity index (χ0) is 14.7. The van der Waals surface area contributed by atoms with Crippen LogP contribution in [0.25, 0.3) is 0 Å². The van der Waals surface area contributed by atoms with E-state index in [0.29, 0.717) is 6.04 Å². The number of fused-ring (bicyclic) bond motifs is 1. The molecule has 0 radical (unpaired) electrons. The van der Waals surface area contributed by atoms with Gasteiger partial charge in [-0.3, -0.25) is 0 Å². The summed E-state index contributed by atoms with van der Waals surface area (Å²) in [5.41, 5.74) is 4.41. The van der Waals surface area contributed by atoms with E-state index in [1.807, 2.05) is 7.05 Å². The Balaban J connectivity index is 1.74. The van der Waals surface area contributed by atoms with Crippen LogP contribution in [0, 0.1) is 5.92 Å². The number of benzene rings is 1. The highest BCUT2D eigenvalue weighted by Crippen LogP contribution is 2.31. The second-order valence-corrected chi connectivity index (χ2v) is 6.50. The van der Waals surface area contributed by atoms with Crippen LogP contribution >= 0.6 is 0 Å². The van der Waals surface area contributed by atoms with E-state index in [1.54, 1.807) is 0 Å². The van der Waals surface area contributed by atoms with Crippen molar-refractivity contribution in [2.24, 2.45) is 5.92 Å². The fourth-order valence-electron chi connectivity index (χ4n) is 3.56. The van der Waals surface area contributed by atoms with Crippen LogP contribution in [0.4, 0.5) is 5.69 Å². The summed E-state index contributed by atoms with van der Waals surface area (Å²) in [6.45, 7) is 6.54. The minimum atomic E-state index is 0.432. The molecule has 1 fully saturated rings. The van der Waals surface area contributed by atoms with Crippen LogP contribution in [-0.2, 0) is 11.2 Å². The maximum Gasteiger partial charge on any atom is 0.0469 e. The lowest BCUT2D eigenvalue weighted by atomic mass is 9.94. The quantitative estimate of drug-likeness (QED) is 0.921. The number of hydrogen-bond donors (Lipinski definition) is 1. The lowest BCUT2D eigenvalue weighted by Crippen LogP contribution is -2.36. The Morgan fingerprint density at radius 3 is 2.90 bits per heavy atom. The summed E-state index contributed by atoms with van der Waals surface area (Å²) in [6, 6.07) is 7.48. The zero-order valence-electron chi connectivity index (χ0n) is 13.4. The zero-order valence-corrected chi connectivity index (χ0v) is 13.4. The Bertz CT molecular complexity index is 468. The van der Waals surface area contributed by atoms with Crippen molar-refractivity contribution >= 4 is 5.69 Å².